The first-order chi connectivity index (χ1) is 14.6. The predicted molar refractivity (Wildman–Crippen MR) is 118 cm³/mol. The topological polar surface area (TPSA) is 201 Å². The molecule has 0 fully saturated rings. The van der Waals surface area contributed by atoms with Crippen molar-refractivity contribution in [3.05, 3.63) is 0 Å². The second kappa shape index (κ2) is 15.9. The first-order valence-electron chi connectivity index (χ1n) is 10.4. The molecule has 0 aliphatic heterocycles. The molecule has 13 heteroatoms. The maximum absolute atomic E-state index is 10.1. The summed E-state index contributed by atoms with van der Waals surface area (Å²) in [5.41, 5.74) is -2.97. The quantitative estimate of drug-likeness (QED) is 0.184. The summed E-state index contributed by atoms with van der Waals surface area (Å²) < 4.78 is 1.83. The Morgan fingerprint density at radius 3 is 0.824 bits per heavy atom. The fourth-order valence-corrected chi connectivity index (χ4v) is 0.684. The van der Waals surface area contributed by atoms with E-state index in [-0.39, 0.29) is 18.7 Å². The third-order valence-corrected chi connectivity index (χ3v) is 4.62. The van der Waals surface area contributed by atoms with E-state index >= 15 is 0 Å². The largest absolute Gasteiger partial charge is 0.550 e. The van der Waals surface area contributed by atoms with Crippen LogP contribution in [0.15, 0.2) is 0 Å². The van der Waals surface area contributed by atoms with Crippen molar-refractivity contribution in [2.24, 2.45) is 0 Å². The van der Waals surface area contributed by atoms with Gasteiger partial charge in [0.1, 0.15) is 5.60 Å². The third-order valence-electron chi connectivity index (χ3n) is 4.62. The molecule has 34 heavy (non-hydrogen) atoms. The molecule has 0 bridgehead atoms. The zero-order chi connectivity index (χ0) is 28.9. The van der Waals surface area contributed by atoms with Crippen molar-refractivity contribution in [2.75, 3.05) is 63.4 Å². The van der Waals surface area contributed by atoms with Gasteiger partial charge in [-0.25, -0.2) is 0 Å². The number of carbonyl (C=O) groups excluding carboxylic acids is 3. The molecule has 0 amide bonds. The van der Waals surface area contributed by atoms with Crippen LogP contribution in [0.25, 0.3) is 0 Å². The van der Waals surface area contributed by atoms with Crippen molar-refractivity contribution in [2.45, 2.75) is 57.9 Å². The van der Waals surface area contributed by atoms with Crippen LogP contribution in [-0.2, 0) is 14.4 Å². The molecule has 0 aromatic rings. The lowest BCUT2D eigenvalue weighted by molar-refractivity contribution is -0.916. The number of carboxylic acid groups (broad SMARTS) is 3. The summed E-state index contributed by atoms with van der Waals surface area (Å²) in [6, 6.07) is 0. The maximum atomic E-state index is 10.1. The predicted octanol–water partition coefficient (Wildman–Crippen LogP) is -5.16. The highest BCUT2D eigenvalue weighted by Gasteiger charge is 2.29. The van der Waals surface area contributed by atoms with Crippen LogP contribution in [0.4, 0.5) is 0 Å². The Kier molecular flexibility index (Phi) is 18.4. The Bertz CT molecular complexity index is 543. The Balaban J connectivity index is -0.000000186. The van der Waals surface area contributed by atoms with Gasteiger partial charge >= 0.3 is 0 Å². The van der Waals surface area contributed by atoms with E-state index in [9.17, 15) is 29.7 Å². The first kappa shape index (κ1) is 39.3. The highest BCUT2D eigenvalue weighted by molar-refractivity contribution is 5.86. The lowest BCUT2D eigenvalue weighted by atomic mass is 9.96. The normalized spacial score (nSPS) is 14.5. The molecule has 206 valence electrons. The van der Waals surface area contributed by atoms with E-state index in [2.05, 4.69) is 0 Å². The van der Waals surface area contributed by atoms with Crippen LogP contribution < -0.4 is 15.3 Å². The van der Waals surface area contributed by atoms with Gasteiger partial charge in [0, 0.05) is 45.6 Å². The standard InChI is InChI=1S/C6H8O7.3C5H14NO/c7-3(8)1-6(13,5(11)12)2-4(9)10;3*1-5(7)6(2,3)4/h13H,1-2H2,(H,7,8)(H,9,10)(H,11,12);3*5,7H,1-4H3/q;3*+1/p-3. The molecule has 0 rings (SSSR count). The Hall–Kier alpha value is -1.87. The number of carboxylic acids is 3. The molecule has 0 aliphatic rings. The summed E-state index contributed by atoms with van der Waals surface area (Å²) in [4.78, 5) is 30.0. The molecule has 0 saturated carbocycles. The Labute approximate surface area is 203 Å². The first-order valence-corrected chi connectivity index (χ1v) is 10.4. The Morgan fingerprint density at radius 2 is 0.765 bits per heavy atom. The van der Waals surface area contributed by atoms with Gasteiger partial charge < -0.3 is 63.6 Å². The van der Waals surface area contributed by atoms with Crippen LogP contribution in [0, 0.1) is 0 Å². The molecule has 0 radical (unpaired) electrons. The van der Waals surface area contributed by atoms with Gasteiger partial charge in [-0.3, -0.25) is 0 Å². The number of hydrogen-bond acceptors (Lipinski definition) is 10. The highest BCUT2D eigenvalue weighted by atomic mass is 16.4. The molecule has 0 aromatic carbocycles. The molecule has 3 atom stereocenters. The molecule has 13 nitrogen and oxygen atoms in total. The van der Waals surface area contributed by atoms with Crippen LogP contribution in [-0.4, -0.2) is 139 Å². The lowest BCUT2D eigenvalue weighted by Crippen LogP contribution is -2.54. The van der Waals surface area contributed by atoms with Gasteiger partial charge in [0.05, 0.1) is 69.4 Å². The minimum absolute atomic E-state index is 0.264. The summed E-state index contributed by atoms with van der Waals surface area (Å²) in [7, 11) is 17.5. The molecule has 0 spiro atoms. The minimum Gasteiger partial charge on any atom is -0.550 e. The zero-order valence-electron chi connectivity index (χ0n) is 22.7. The second-order valence-electron chi connectivity index (χ2n) is 10.7. The number of carbonyl (C=O) groups is 3. The second-order valence-corrected chi connectivity index (χ2v) is 10.7. The van der Waals surface area contributed by atoms with Gasteiger partial charge in [-0.2, -0.15) is 0 Å². The maximum Gasteiger partial charge on any atom is 0.187 e. The summed E-state index contributed by atoms with van der Waals surface area (Å²) in [6.07, 6.45) is -3.51. The van der Waals surface area contributed by atoms with Crippen LogP contribution in [0.3, 0.4) is 0 Å². The van der Waals surface area contributed by atoms with Crippen LogP contribution >= 0.6 is 0 Å². The monoisotopic (exact) mass is 501 g/mol. The van der Waals surface area contributed by atoms with Crippen molar-refractivity contribution in [3.63, 3.8) is 0 Å². The van der Waals surface area contributed by atoms with Crippen molar-refractivity contribution < 1.29 is 63.6 Å². The van der Waals surface area contributed by atoms with E-state index in [1.807, 2.05) is 63.4 Å². The van der Waals surface area contributed by atoms with Gasteiger partial charge in [0.2, 0.25) is 0 Å². The van der Waals surface area contributed by atoms with E-state index in [1.165, 1.54) is 0 Å². The number of aliphatic hydroxyl groups excluding tert-OH is 3. The van der Waals surface area contributed by atoms with Gasteiger partial charge in [-0.15, -0.1) is 0 Å². The van der Waals surface area contributed by atoms with Crippen molar-refractivity contribution in [1.29, 1.82) is 0 Å². The summed E-state index contributed by atoms with van der Waals surface area (Å²) in [5.74, 6) is -5.98. The lowest BCUT2D eigenvalue weighted by Gasteiger charge is -2.29. The number of hydrogen-bond donors (Lipinski definition) is 4. The van der Waals surface area contributed by atoms with Crippen LogP contribution in [0.2, 0.25) is 0 Å². The van der Waals surface area contributed by atoms with Crippen molar-refractivity contribution in [3.8, 4) is 0 Å². The van der Waals surface area contributed by atoms with E-state index in [4.69, 9.17) is 20.4 Å². The van der Waals surface area contributed by atoms with E-state index in [0.717, 1.165) is 0 Å². The van der Waals surface area contributed by atoms with Gasteiger partial charge in [-0.1, -0.05) is 0 Å². The number of rotatable bonds is 8. The molecule has 0 saturated heterocycles. The number of nitrogens with zero attached hydrogens (tertiary/aromatic N) is 3. The van der Waals surface area contributed by atoms with E-state index in [1.54, 1.807) is 20.8 Å². The van der Waals surface area contributed by atoms with Crippen LogP contribution in [0.5, 0.6) is 0 Å². The third kappa shape index (κ3) is 24.8. The fraction of sp³-hybridized carbons (Fsp3) is 0.857. The Morgan fingerprint density at radius 1 is 0.618 bits per heavy atom. The molecule has 0 heterocycles. The van der Waals surface area contributed by atoms with E-state index in [0.29, 0.717) is 13.4 Å². The average molecular weight is 502 g/mol. The average Bonchev–Trinajstić information content (AvgIpc) is 2.51. The SMILES string of the molecule is CC(O)[N+](C)(C)C.CC(O)[N+](C)(C)C.CC(O)[N+](C)(C)C.O=C([O-])CC(O)(CC(=O)[O-])C(=O)[O-]. The molecule has 0 aromatic heterocycles. The molecule has 0 aliphatic carbocycles. The molecule has 3 unspecified atom stereocenters. The zero-order valence-corrected chi connectivity index (χ0v) is 22.7. The van der Waals surface area contributed by atoms with Gasteiger partial charge in [0.15, 0.2) is 18.7 Å². The van der Waals surface area contributed by atoms with Crippen molar-refractivity contribution >= 4 is 17.9 Å². The fourth-order valence-electron chi connectivity index (χ4n) is 0.684. The van der Waals surface area contributed by atoms with Crippen LogP contribution in [0.1, 0.15) is 33.6 Å². The highest BCUT2D eigenvalue weighted by Crippen LogP contribution is 2.13. The molecular weight excluding hydrogens is 454 g/mol. The minimum atomic E-state index is -2.97. The van der Waals surface area contributed by atoms with Gasteiger partial charge in [0.25, 0.3) is 0 Å². The number of quaternary nitrogens is 3. The molecule has 4 N–H and O–H groups in total. The van der Waals surface area contributed by atoms with Gasteiger partial charge in [-0.05, 0) is 0 Å². The number of aliphatic hydroxyl groups is 4. The molecular formula is C21H47N3O10. The summed E-state index contributed by atoms with van der Waals surface area (Å²) in [5, 5.41) is 65.5. The smallest absolute Gasteiger partial charge is 0.187 e. The number of aliphatic carboxylic acids is 3. The summed E-state index contributed by atoms with van der Waals surface area (Å²) in [6.45, 7) is 5.33. The van der Waals surface area contributed by atoms with Crippen molar-refractivity contribution in [1.82, 2.24) is 0 Å². The summed E-state index contributed by atoms with van der Waals surface area (Å²) >= 11 is 0. The van der Waals surface area contributed by atoms with E-state index < -0.39 is 36.4 Å².